The molecule has 0 bridgehead atoms. The zero-order valence-electron chi connectivity index (χ0n) is 15.8. The molecule has 1 aliphatic rings. The monoisotopic (exact) mass is 465 g/mol. The molecule has 3 amide bonds. The van der Waals surface area contributed by atoms with E-state index in [9.17, 15) is 29.3 Å². The van der Waals surface area contributed by atoms with Crippen molar-refractivity contribution in [3.63, 3.8) is 0 Å². The number of ether oxygens (including phenoxy) is 1. The average molecular weight is 466 g/mol. The summed E-state index contributed by atoms with van der Waals surface area (Å²) in [7, 11) is 0. The molecule has 2 aromatic carbocycles. The molecule has 31 heavy (non-hydrogen) atoms. The molecule has 0 aromatic heterocycles. The van der Waals surface area contributed by atoms with Crippen molar-refractivity contribution < 1.29 is 28.8 Å². The standard InChI is InChI=1S/C19H13Cl2N3O7/c1-9-2-3-10(24(29)30)4-15(9)22-16(25)8-31-17(26)7-23-18(27)11-5-13(20)14(21)6-12(11)19(23)28/h2-6H,7-8H2,1H3,(H,22,25). The van der Waals surface area contributed by atoms with Gasteiger partial charge in [0.25, 0.3) is 23.4 Å². The van der Waals surface area contributed by atoms with Crippen molar-refractivity contribution in [2.24, 2.45) is 0 Å². The maximum Gasteiger partial charge on any atom is 0.326 e. The summed E-state index contributed by atoms with van der Waals surface area (Å²) in [5, 5.41) is 13.4. The maximum atomic E-state index is 12.4. The summed E-state index contributed by atoms with van der Waals surface area (Å²) in [6.45, 7) is 0.193. The Labute approximate surface area is 184 Å². The van der Waals surface area contributed by atoms with Crippen molar-refractivity contribution in [3.8, 4) is 0 Å². The van der Waals surface area contributed by atoms with Crippen LogP contribution in [-0.4, -0.2) is 46.7 Å². The first-order valence-electron chi connectivity index (χ1n) is 8.64. The third-order valence-electron chi connectivity index (χ3n) is 4.37. The van der Waals surface area contributed by atoms with E-state index in [1.165, 1.54) is 30.3 Å². The Kier molecular flexibility index (Phi) is 6.23. The van der Waals surface area contributed by atoms with Crippen LogP contribution in [0.4, 0.5) is 11.4 Å². The molecule has 0 radical (unpaired) electrons. The lowest BCUT2D eigenvalue weighted by Crippen LogP contribution is -2.36. The van der Waals surface area contributed by atoms with Gasteiger partial charge in [0.1, 0.15) is 6.54 Å². The number of halogens is 2. The molecule has 0 spiro atoms. The average Bonchev–Trinajstić information content (AvgIpc) is 2.92. The first kappa shape index (κ1) is 22.2. The Morgan fingerprint density at radius 3 is 2.23 bits per heavy atom. The van der Waals surface area contributed by atoms with E-state index in [1.54, 1.807) is 6.92 Å². The number of carbonyl (C=O) groups is 4. The predicted octanol–water partition coefficient (Wildman–Crippen LogP) is 2.99. The summed E-state index contributed by atoms with van der Waals surface area (Å²) in [5.41, 5.74) is 0.541. The molecule has 10 nitrogen and oxygen atoms in total. The Morgan fingerprint density at radius 2 is 1.68 bits per heavy atom. The number of hydrogen-bond acceptors (Lipinski definition) is 7. The fraction of sp³-hybridized carbons (Fsp3) is 0.158. The Hall–Kier alpha value is -3.50. The highest BCUT2D eigenvalue weighted by molar-refractivity contribution is 6.43. The van der Waals surface area contributed by atoms with Gasteiger partial charge in [-0.25, -0.2) is 0 Å². The number of esters is 1. The van der Waals surface area contributed by atoms with Crippen LogP contribution in [0.25, 0.3) is 0 Å². The molecular weight excluding hydrogens is 453 g/mol. The Morgan fingerprint density at radius 1 is 1.10 bits per heavy atom. The van der Waals surface area contributed by atoms with Gasteiger partial charge in [0.15, 0.2) is 6.61 Å². The van der Waals surface area contributed by atoms with Crippen LogP contribution >= 0.6 is 23.2 Å². The van der Waals surface area contributed by atoms with E-state index in [2.05, 4.69) is 5.32 Å². The quantitative estimate of drug-likeness (QED) is 0.299. The molecule has 160 valence electrons. The van der Waals surface area contributed by atoms with Crippen molar-refractivity contribution in [2.45, 2.75) is 6.92 Å². The highest BCUT2D eigenvalue weighted by Gasteiger charge is 2.37. The van der Waals surface area contributed by atoms with E-state index in [-0.39, 0.29) is 32.5 Å². The van der Waals surface area contributed by atoms with Crippen LogP contribution in [0.5, 0.6) is 0 Å². The molecule has 0 saturated carbocycles. The van der Waals surface area contributed by atoms with Gasteiger partial charge >= 0.3 is 5.97 Å². The van der Waals surface area contributed by atoms with Gasteiger partial charge in [-0.15, -0.1) is 0 Å². The number of anilines is 1. The van der Waals surface area contributed by atoms with Crippen LogP contribution in [0.15, 0.2) is 30.3 Å². The highest BCUT2D eigenvalue weighted by atomic mass is 35.5. The fourth-order valence-electron chi connectivity index (χ4n) is 2.79. The van der Waals surface area contributed by atoms with Crippen molar-refractivity contribution >= 4 is 58.3 Å². The van der Waals surface area contributed by atoms with E-state index >= 15 is 0 Å². The molecule has 3 rings (SSSR count). The van der Waals surface area contributed by atoms with Gasteiger partial charge in [0, 0.05) is 12.1 Å². The van der Waals surface area contributed by atoms with Crippen molar-refractivity contribution in [2.75, 3.05) is 18.5 Å². The predicted molar refractivity (Wildman–Crippen MR) is 109 cm³/mol. The number of amides is 3. The lowest BCUT2D eigenvalue weighted by Gasteiger charge is -2.13. The van der Waals surface area contributed by atoms with Crippen LogP contribution in [0.3, 0.4) is 0 Å². The van der Waals surface area contributed by atoms with Gasteiger partial charge in [-0.05, 0) is 24.6 Å². The molecule has 1 N–H and O–H groups in total. The number of fused-ring (bicyclic) bond motifs is 1. The summed E-state index contributed by atoms with van der Waals surface area (Å²) >= 11 is 11.7. The van der Waals surface area contributed by atoms with E-state index in [4.69, 9.17) is 27.9 Å². The molecule has 0 aliphatic carbocycles. The normalized spacial score (nSPS) is 12.5. The third kappa shape index (κ3) is 4.65. The van der Waals surface area contributed by atoms with Crippen LogP contribution < -0.4 is 5.32 Å². The molecule has 0 atom stereocenters. The van der Waals surface area contributed by atoms with Crippen LogP contribution in [0, 0.1) is 17.0 Å². The first-order chi connectivity index (χ1) is 14.6. The smallest absolute Gasteiger partial charge is 0.326 e. The fourth-order valence-corrected chi connectivity index (χ4v) is 3.12. The summed E-state index contributed by atoms with van der Waals surface area (Å²) in [4.78, 5) is 59.7. The Balaban J connectivity index is 1.59. The number of hydrogen-bond donors (Lipinski definition) is 1. The number of nitro benzene ring substituents is 1. The second-order valence-corrected chi connectivity index (χ2v) is 7.29. The lowest BCUT2D eigenvalue weighted by atomic mass is 10.1. The zero-order valence-corrected chi connectivity index (χ0v) is 17.3. The second kappa shape index (κ2) is 8.70. The number of nitro groups is 1. The maximum absolute atomic E-state index is 12.4. The number of carbonyl (C=O) groups excluding carboxylic acids is 4. The highest BCUT2D eigenvalue weighted by Crippen LogP contribution is 2.31. The minimum Gasteiger partial charge on any atom is -0.454 e. The van der Waals surface area contributed by atoms with E-state index < -0.39 is 41.8 Å². The van der Waals surface area contributed by atoms with Crippen molar-refractivity contribution in [3.05, 3.63) is 67.2 Å². The number of aryl methyl sites for hydroxylation is 1. The SMILES string of the molecule is Cc1ccc([N+](=O)[O-])cc1NC(=O)COC(=O)CN1C(=O)c2cc(Cl)c(Cl)cc2C1=O. The van der Waals surface area contributed by atoms with Crippen LogP contribution in [0.1, 0.15) is 26.3 Å². The lowest BCUT2D eigenvalue weighted by molar-refractivity contribution is -0.384. The number of benzene rings is 2. The summed E-state index contributed by atoms with van der Waals surface area (Å²) in [6, 6.07) is 6.39. The van der Waals surface area contributed by atoms with Crippen LogP contribution in [-0.2, 0) is 14.3 Å². The van der Waals surface area contributed by atoms with Crippen molar-refractivity contribution in [1.82, 2.24) is 4.90 Å². The van der Waals surface area contributed by atoms with Crippen LogP contribution in [0.2, 0.25) is 10.0 Å². The van der Waals surface area contributed by atoms with Gasteiger partial charge in [-0.1, -0.05) is 29.3 Å². The summed E-state index contributed by atoms with van der Waals surface area (Å²) in [5.74, 6) is -3.24. The van der Waals surface area contributed by atoms with Gasteiger partial charge in [0.2, 0.25) is 0 Å². The molecule has 1 heterocycles. The minimum atomic E-state index is -1.00. The first-order valence-corrected chi connectivity index (χ1v) is 9.40. The molecule has 12 heteroatoms. The van der Waals surface area contributed by atoms with E-state index in [0.717, 1.165) is 0 Å². The number of imide groups is 1. The number of non-ortho nitro benzene ring substituents is 1. The van der Waals surface area contributed by atoms with E-state index in [1.807, 2.05) is 0 Å². The Bertz CT molecular complexity index is 1110. The van der Waals surface area contributed by atoms with Crippen molar-refractivity contribution in [1.29, 1.82) is 0 Å². The molecule has 1 aliphatic heterocycles. The molecule has 0 fully saturated rings. The number of rotatable bonds is 6. The van der Waals surface area contributed by atoms with Gasteiger partial charge in [-0.2, -0.15) is 0 Å². The minimum absolute atomic E-state index is 0.00564. The largest absolute Gasteiger partial charge is 0.454 e. The zero-order chi connectivity index (χ0) is 22.9. The summed E-state index contributed by atoms with van der Waals surface area (Å²) < 4.78 is 4.82. The molecular formula is C19H13Cl2N3O7. The van der Waals surface area contributed by atoms with Gasteiger partial charge < -0.3 is 10.1 Å². The van der Waals surface area contributed by atoms with Gasteiger partial charge in [-0.3, -0.25) is 34.2 Å². The molecule has 0 saturated heterocycles. The molecule has 0 unspecified atom stereocenters. The van der Waals surface area contributed by atoms with Gasteiger partial charge in [0.05, 0.1) is 31.8 Å². The molecule has 2 aromatic rings. The second-order valence-electron chi connectivity index (χ2n) is 6.47. The number of nitrogens with zero attached hydrogens (tertiary/aromatic N) is 2. The topological polar surface area (TPSA) is 136 Å². The summed E-state index contributed by atoms with van der Waals surface area (Å²) in [6.07, 6.45) is 0. The number of nitrogens with one attached hydrogen (secondary N) is 1. The third-order valence-corrected chi connectivity index (χ3v) is 5.09. The van der Waals surface area contributed by atoms with E-state index in [0.29, 0.717) is 10.5 Å².